The van der Waals surface area contributed by atoms with E-state index in [1.165, 1.54) is 0 Å². The van der Waals surface area contributed by atoms with Crippen LogP contribution in [0.4, 0.5) is 0 Å². The molecule has 2 N–H and O–H groups in total. The van der Waals surface area contributed by atoms with Crippen LogP contribution < -0.4 is 15.6 Å². The van der Waals surface area contributed by atoms with Crippen LogP contribution in [0.1, 0.15) is 15.9 Å². The maximum absolute atomic E-state index is 12.5. The zero-order chi connectivity index (χ0) is 20.2. The van der Waals surface area contributed by atoms with Crippen molar-refractivity contribution in [3.8, 4) is 17.0 Å². The van der Waals surface area contributed by atoms with E-state index in [4.69, 9.17) is 4.74 Å². The maximum Gasteiger partial charge on any atom is 0.261 e. The van der Waals surface area contributed by atoms with Crippen molar-refractivity contribution in [2.45, 2.75) is 6.54 Å². The summed E-state index contributed by atoms with van der Waals surface area (Å²) in [5.41, 5.74) is 2.16. The van der Waals surface area contributed by atoms with Crippen molar-refractivity contribution in [1.29, 1.82) is 0 Å². The molecule has 0 bridgehead atoms. The lowest BCUT2D eigenvalue weighted by molar-refractivity contribution is 0.0949. The molecule has 0 spiro atoms. The SMILES string of the molecule is COc1ccc(CNC(=O)c2ccc(-c3ccc4ccccc4c3)[nH]c2=O)cc1. The van der Waals surface area contributed by atoms with Gasteiger partial charge in [-0.1, -0.05) is 48.5 Å². The molecule has 5 nitrogen and oxygen atoms in total. The molecule has 0 aliphatic heterocycles. The van der Waals surface area contributed by atoms with Crippen LogP contribution in [0.25, 0.3) is 22.0 Å². The van der Waals surface area contributed by atoms with E-state index in [0.717, 1.165) is 27.6 Å². The summed E-state index contributed by atoms with van der Waals surface area (Å²) in [7, 11) is 1.60. The maximum atomic E-state index is 12.5. The zero-order valence-corrected chi connectivity index (χ0v) is 15.9. The summed E-state index contributed by atoms with van der Waals surface area (Å²) in [5, 5.41) is 5.00. The molecule has 0 radical (unpaired) electrons. The molecule has 0 atom stereocenters. The van der Waals surface area contributed by atoms with Crippen LogP contribution in [0.3, 0.4) is 0 Å². The van der Waals surface area contributed by atoms with Gasteiger partial charge in [-0.2, -0.15) is 0 Å². The van der Waals surface area contributed by atoms with Crippen molar-refractivity contribution in [3.05, 3.63) is 100 Å². The molecule has 0 unspecified atom stereocenters. The van der Waals surface area contributed by atoms with E-state index in [9.17, 15) is 9.59 Å². The number of amides is 1. The van der Waals surface area contributed by atoms with E-state index in [0.29, 0.717) is 12.2 Å². The standard InChI is InChI=1S/C24H20N2O3/c1-29-20-10-6-16(7-11-20)15-25-23(27)21-12-13-22(26-24(21)28)19-9-8-17-4-2-3-5-18(17)14-19/h2-14H,15H2,1H3,(H,25,27)(H,26,28). The molecule has 0 aliphatic rings. The molecular weight excluding hydrogens is 364 g/mol. The Balaban J connectivity index is 1.51. The van der Waals surface area contributed by atoms with Crippen LogP contribution in [0.5, 0.6) is 5.75 Å². The first-order chi connectivity index (χ1) is 14.1. The fraction of sp³-hybridized carbons (Fsp3) is 0.0833. The van der Waals surface area contributed by atoms with E-state index >= 15 is 0 Å². The topological polar surface area (TPSA) is 71.2 Å². The highest BCUT2D eigenvalue weighted by molar-refractivity contribution is 5.94. The Morgan fingerprint density at radius 2 is 1.69 bits per heavy atom. The highest BCUT2D eigenvalue weighted by atomic mass is 16.5. The molecule has 0 aliphatic carbocycles. The predicted molar refractivity (Wildman–Crippen MR) is 114 cm³/mol. The van der Waals surface area contributed by atoms with Crippen molar-refractivity contribution in [3.63, 3.8) is 0 Å². The highest BCUT2D eigenvalue weighted by Gasteiger charge is 2.11. The second-order valence-corrected chi connectivity index (χ2v) is 6.71. The molecule has 5 heteroatoms. The minimum absolute atomic E-state index is 0.0862. The van der Waals surface area contributed by atoms with Gasteiger partial charge in [-0.3, -0.25) is 9.59 Å². The van der Waals surface area contributed by atoms with Crippen LogP contribution in [0.2, 0.25) is 0 Å². The van der Waals surface area contributed by atoms with Gasteiger partial charge in [0, 0.05) is 12.2 Å². The van der Waals surface area contributed by atoms with Gasteiger partial charge in [0.05, 0.1) is 7.11 Å². The van der Waals surface area contributed by atoms with Gasteiger partial charge in [0.25, 0.3) is 11.5 Å². The molecule has 29 heavy (non-hydrogen) atoms. The molecule has 3 aromatic carbocycles. The number of H-pyrrole nitrogens is 1. The van der Waals surface area contributed by atoms with Gasteiger partial charge in [0.1, 0.15) is 11.3 Å². The average Bonchev–Trinajstić information content (AvgIpc) is 2.77. The number of hydrogen-bond acceptors (Lipinski definition) is 3. The van der Waals surface area contributed by atoms with E-state index in [1.54, 1.807) is 19.2 Å². The van der Waals surface area contributed by atoms with E-state index in [1.807, 2.05) is 66.7 Å². The molecule has 1 heterocycles. The first-order valence-corrected chi connectivity index (χ1v) is 9.28. The average molecular weight is 384 g/mol. The van der Waals surface area contributed by atoms with Crippen LogP contribution >= 0.6 is 0 Å². The van der Waals surface area contributed by atoms with E-state index in [2.05, 4.69) is 10.3 Å². The number of rotatable bonds is 5. The van der Waals surface area contributed by atoms with Crippen LogP contribution in [0, 0.1) is 0 Å². The van der Waals surface area contributed by atoms with Gasteiger partial charge in [-0.05, 0) is 52.2 Å². The Bertz CT molecular complexity index is 1230. The Hall–Kier alpha value is -3.86. The molecule has 144 valence electrons. The number of aromatic amines is 1. The van der Waals surface area contributed by atoms with Crippen molar-refractivity contribution >= 4 is 16.7 Å². The number of fused-ring (bicyclic) bond motifs is 1. The Kier molecular flexibility index (Phi) is 5.12. The fourth-order valence-corrected chi connectivity index (χ4v) is 3.20. The molecular formula is C24H20N2O3. The van der Waals surface area contributed by atoms with Crippen molar-refractivity contribution < 1.29 is 9.53 Å². The Labute approximate surface area is 168 Å². The number of methoxy groups -OCH3 is 1. The van der Waals surface area contributed by atoms with Gasteiger partial charge in [-0.25, -0.2) is 0 Å². The Morgan fingerprint density at radius 3 is 2.41 bits per heavy atom. The fourth-order valence-electron chi connectivity index (χ4n) is 3.20. The Morgan fingerprint density at radius 1 is 0.931 bits per heavy atom. The number of hydrogen-bond donors (Lipinski definition) is 2. The quantitative estimate of drug-likeness (QED) is 0.543. The highest BCUT2D eigenvalue weighted by Crippen LogP contribution is 2.22. The van der Waals surface area contributed by atoms with Crippen molar-refractivity contribution in [2.24, 2.45) is 0 Å². The molecule has 1 amide bonds. The first-order valence-electron chi connectivity index (χ1n) is 9.28. The van der Waals surface area contributed by atoms with Gasteiger partial charge < -0.3 is 15.0 Å². The van der Waals surface area contributed by atoms with Crippen LogP contribution in [-0.2, 0) is 6.54 Å². The third-order valence-electron chi connectivity index (χ3n) is 4.83. The number of benzene rings is 3. The van der Waals surface area contributed by atoms with Crippen LogP contribution in [-0.4, -0.2) is 18.0 Å². The normalized spacial score (nSPS) is 10.7. The summed E-state index contributed by atoms with van der Waals surface area (Å²) in [5.74, 6) is 0.341. The number of ether oxygens (including phenoxy) is 1. The van der Waals surface area contributed by atoms with Crippen LogP contribution in [0.15, 0.2) is 83.7 Å². The van der Waals surface area contributed by atoms with Crippen molar-refractivity contribution in [2.75, 3.05) is 7.11 Å². The summed E-state index contributed by atoms with van der Waals surface area (Å²) in [6.07, 6.45) is 0. The minimum atomic E-state index is -0.414. The third-order valence-corrected chi connectivity index (χ3v) is 4.83. The predicted octanol–water partition coefficient (Wildman–Crippen LogP) is 4.13. The molecule has 4 rings (SSSR count). The molecule has 0 saturated heterocycles. The smallest absolute Gasteiger partial charge is 0.261 e. The summed E-state index contributed by atoms with van der Waals surface area (Å²) >= 11 is 0. The monoisotopic (exact) mass is 384 g/mol. The molecule has 0 fully saturated rings. The second-order valence-electron chi connectivity index (χ2n) is 6.71. The van der Waals surface area contributed by atoms with Gasteiger partial charge >= 0.3 is 0 Å². The lowest BCUT2D eigenvalue weighted by Gasteiger charge is -2.08. The lowest BCUT2D eigenvalue weighted by Crippen LogP contribution is -2.29. The van der Waals surface area contributed by atoms with Gasteiger partial charge in [0.2, 0.25) is 0 Å². The van der Waals surface area contributed by atoms with Crippen molar-refractivity contribution in [1.82, 2.24) is 10.3 Å². The summed E-state index contributed by atoms with van der Waals surface area (Å²) < 4.78 is 5.12. The molecule has 4 aromatic rings. The number of carbonyl (C=O) groups is 1. The number of nitrogens with one attached hydrogen (secondary N) is 2. The van der Waals surface area contributed by atoms with Gasteiger partial charge in [0.15, 0.2) is 0 Å². The third kappa shape index (κ3) is 4.04. The molecule has 1 aromatic heterocycles. The first kappa shape index (κ1) is 18.5. The number of carbonyl (C=O) groups excluding carboxylic acids is 1. The van der Waals surface area contributed by atoms with Gasteiger partial charge in [-0.15, -0.1) is 0 Å². The number of aromatic nitrogens is 1. The summed E-state index contributed by atoms with van der Waals surface area (Å²) in [6, 6.07) is 24.7. The van der Waals surface area contributed by atoms with E-state index < -0.39 is 11.5 Å². The largest absolute Gasteiger partial charge is 0.497 e. The molecule has 0 saturated carbocycles. The zero-order valence-electron chi connectivity index (χ0n) is 15.9. The van der Waals surface area contributed by atoms with E-state index in [-0.39, 0.29) is 5.56 Å². The minimum Gasteiger partial charge on any atom is -0.497 e. The summed E-state index contributed by atoms with van der Waals surface area (Å²) in [6.45, 7) is 0.328. The number of pyridine rings is 1. The lowest BCUT2D eigenvalue weighted by atomic mass is 10.0. The second kappa shape index (κ2) is 8.02. The summed E-state index contributed by atoms with van der Waals surface area (Å²) in [4.78, 5) is 27.7.